The molecule has 1 atom stereocenters. The zero-order valence-electron chi connectivity index (χ0n) is 17.8. The van der Waals surface area contributed by atoms with Gasteiger partial charge in [-0.15, -0.1) is 0 Å². The van der Waals surface area contributed by atoms with Crippen molar-refractivity contribution in [3.63, 3.8) is 0 Å². The van der Waals surface area contributed by atoms with Crippen LogP contribution in [0.4, 0.5) is 10.1 Å². The number of halogens is 1. The molecule has 0 bridgehead atoms. The molecule has 0 saturated carbocycles. The Hall–Kier alpha value is -3.59. The molecule has 0 radical (unpaired) electrons. The maximum atomic E-state index is 13.6. The average molecular weight is 417 g/mol. The van der Waals surface area contributed by atoms with Gasteiger partial charge in [0.15, 0.2) is 5.78 Å². The zero-order chi connectivity index (χ0) is 22.3. The number of benzene rings is 2. The molecule has 0 unspecified atom stereocenters. The first-order chi connectivity index (χ1) is 14.8. The van der Waals surface area contributed by atoms with Gasteiger partial charge in [-0.2, -0.15) is 5.26 Å². The number of nitrogens with two attached hydrogens (primary N) is 1. The topological polar surface area (TPSA) is 79.3 Å². The zero-order valence-corrected chi connectivity index (χ0v) is 17.8. The number of hydrogen-bond acceptors (Lipinski definition) is 5. The summed E-state index contributed by atoms with van der Waals surface area (Å²) in [7, 11) is 1.59. The van der Waals surface area contributed by atoms with Crippen LogP contribution in [-0.4, -0.2) is 12.9 Å². The Balaban J connectivity index is 1.96. The third-order valence-electron chi connectivity index (χ3n) is 5.91. The van der Waals surface area contributed by atoms with E-state index in [2.05, 4.69) is 6.07 Å². The van der Waals surface area contributed by atoms with Crippen molar-refractivity contribution >= 4 is 11.5 Å². The molecule has 2 aliphatic rings. The van der Waals surface area contributed by atoms with E-state index in [9.17, 15) is 14.4 Å². The van der Waals surface area contributed by atoms with Crippen molar-refractivity contribution in [3.05, 3.63) is 82.6 Å². The molecule has 0 aromatic heterocycles. The molecular formula is C25H24FN3O2. The summed E-state index contributed by atoms with van der Waals surface area (Å²) in [5.41, 5.74) is 9.38. The lowest BCUT2D eigenvalue weighted by Gasteiger charge is -2.43. The Kier molecular flexibility index (Phi) is 5.06. The maximum absolute atomic E-state index is 13.6. The highest BCUT2D eigenvalue weighted by molar-refractivity contribution is 6.01. The smallest absolute Gasteiger partial charge is 0.162 e. The second-order valence-electron chi connectivity index (χ2n) is 8.73. The van der Waals surface area contributed by atoms with Crippen molar-refractivity contribution in [3.8, 4) is 11.8 Å². The van der Waals surface area contributed by atoms with Crippen molar-refractivity contribution in [1.82, 2.24) is 0 Å². The van der Waals surface area contributed by atoms with Crippen LogP contribution in [0.15, 0.2) is 71.2 Å². The standard InChI is InChI=1S/C25H24FN3O2/c1-25(2)12-20-23(21(30)13-25)22(15-4-6-16(26)7-5-15)19(14-27)24(28)29(20)17-8-10-18(31-3)11-9-17/h4-11,22H,12-13,28H2,1-3H3/t22-/m0/s1. The minimum absolute atomic E-state index is 0.0145. The van der Waals surface area contributed by atoms with Gasteiger partial charge < -0.3 is 10.5 Å². The van der Waals surface area contributed by atoms with E-state index in [-0.39, 0.29) is 28.4 Å². The Morgan fingerprint density at radius 1 is 1.13 bits per heavy atom. The highest BCUT2D eigenvalue weighted by Crippen LogP contribution is 2.50. The quantitative estimate of drug-likeness (QED) is 0.778. The Morgan fingerprint density at radius 2 is 1.77 bits per heavy atom. The highest BCUT2D eigenvalue weighted by Gasteiger charge is 2.44. The van der Waals surface area contributed by atoms with Crippen LogP contribution in [-0.2, 0) is 4.79 Å². The van der Waals surface area contributed by atoms with Crippen molar-refractivity contribution in [1.29, 1.82) is 5.26 Å². The molecule has 2 N–H and O–H groups in total. The van der Waals surface area contributed by atoms with Gasteiger partial charge in [0.1, 0.15) is 17.4 Å². The largest absolute Gasteiger partial charge is 0.497 e. The molecule has 0 spiro atoms. The summed E-state index contributed by atoms with van der Waals surface area (Å²) in [5.74, 6) is -0.0216. The monoisotopic (exact) mass is 417 g/mol. The number of hydrogen-bond donors (Lipinski definition) is 1. The predicted octanol–water partition coefficient (Wildman–Crippen LogP) is 4.78. The Morgan fingerprint density at radius 3 is 2.35 bits per heavy atom. The van der Waals surface area contributed by atoms with E-state index < -0.39 is 5.92 Å². The number of anilines is 1. The minimum Gasteiger partial charge on any atom is -0.497 e. The molecule has 2 aromatic carbocycles. The Labute approximate surface area is 181 Å². The molecule has 31 heavy (non-hydrogen) atoms. The van der Waals surface area contributed by atoms with Crippen LogP contribution < -0.4 is 15.4 Å². The summed E-state index contributed by atoms with van der Waals surface area (Å²) in [4.78, 5) is 15.2. The van der Waals surface area contributed by atoms with Gasteiger partial charge in [0.05, 0.1) is 24.7 Å². The first-order valence-electron chi connectivity index (χ1n) is 10.1. The number of ketones is 1. The lowest BCUT2D eigenvalue weighted by Crippen LogP contribution is -2.42. The fourth-order valence-electron chi connectivity index (χ4n) is 4.52. The number of ether oxygens (including phenoxy) is 1. The SMILES string of the molecule is COc1ccc(N2C(N)=C(C#N)[C@H](c3ccc(F)cc3)C3=C2CC(C)(C)CC3=O)cc1. The number of carbonyl (C=O) groups excluding carboxylic acids is 1. The second kappa shape index (κ2) is 7.59. The maximum Gasteiger partial charge on any atom is 0.162 e. The van der Waals surface area contributed by atoms with E-state index in [1.807, 2.05) is 43.0 Å². The van der Waals surface area contributed by atoms with E-state index in [1.54, 1.807) is 19.2 Å². The molecule has 2 aromatic rings. The molecule has 5 nitrogen and oxygen atoms in total. The molecule has 1 aliphatic heterocycles. The summed E-state index contributed by atoms with van der Waals surface area (Å²) < 4.78 is 18.8. The van der Waals surface area contributed by atoms with Crippen LogP contribution in [0.1, 0.15) is 38.2 Å². The summed E-state index contributed by atoms with van der Waals surface area (Å²) >= 11 is 0. The predicted molar refractivity (Wildman–Crippen MR) is 116 cm³/mol. The average Bonchev–Trinajstić information content (AvgIpc) is 2.73. The van der Waals surface area contributed by atoms with Crippen molar-refractivity contribution in [2.75, 3.05) is 12.0 Å². The van der Waals surface area contributed by atoms with Gasteiger partial charge in [0, 0.05) is 23.4 Å². The summed E-state index contributed by atoms with van der Waals surface area (Å²) in [5, 5.41) is 10.0. The van der Waals surface area contributed by atoms with Crippen molar-refractivity contribution in [2.24, 2.45) is 11.1 Å². The molecule has 0 saturated heterocycles. The minimum atomic E-state index is -0.612. The van der Waals surface area contributed by atoms with Crippen molar-refractivity contribution < 1.29 is 13.9 Å². The summed E-state index contributed by atoms with van der Waals surface area (Å²) in [6.07, 6.45) is 0.996. The van der Waals surface area contributed by atoms with Crippen LogP contribution in [0.25, 0.3) is 0 Å². The number of Topliss-reactive ketones (excluding diaryl/α,β-unsaturated/α-hetero) is 1. The molecule has 0 amide bonds. The van der Waals surface area contributed by atoms with Gasteiger partial charge in [-0.25, -0.2) is 4.39 Å². The fraction of sp³-hybridized carbons (Fsp3) is 0.280. The van der Waals surface area contributed by atoms with E-state index in [0.717, 1.165) is 11.4 Å². The molecule has 1 aliphatic carbocycles. The van der Waals surface area contributed by atoms with E-state index >= 15 is 0 Å². The van der Waals surface area contributed by atoms with Gasteiger partial charge >= 0.3 is 0 Å². The third kappa shape index (κ3) is 3.57. The Bertz CT molecular complexity index is 1140. The fourth-order valence-corrected chi connectivity index (χ4v) is 4.52. The van der Waals surface area contributed by atoms with Gasteiger partial charge in [0.2, 0.25) is 0 Å². The van der Waals surface area contributed by atoms with Gasteiger partial charge in [0.25, 0.3) is 0 Å². The number of nitriles is 1. The number of nitrogens with zero attached hydrogens (tertiary/aromatic N) is 2. The van der Waals surface area contributed by atoms with Crippen molar-refractivity contribution in [2.45, 2.75) is 32.6 Å². The molecule has 158 valence electrons. The normalized spacial score (nSPS) is 20.4. The summed E-state index contributed by atoms with van der Waals surface area (Å²) in [6.45, 7) is 4.10. The lowest BCUT2D eigenvalue weighted by atomic mass is 9.68. The number of methoxy groups -OCH3 is 1. The number of carbonyl (C=O) groups is 1. The van der Waals surface area contributed by atoms with E-state index in [4.69, 9.17) is 10.5 Å². The van der Waals surface area contributed by atoms with Crippen LogP contribution in [0.2, 0.25) is 0 Å². The lowest BCUT2D eigenvalue weighted by molar-refractivity contribution is -0.118. The molecule has 4 rings (SSSR count). The van der Waals surface area contributed by atoms with Gasteiger partial charge in [-0.05, 0) is 53.8 Å². The second-order valence-corrected chi connectivity index (χ2v) is 8.73. The third-order valence-corrected chi connectivity index (χ3v) is 5.91. The van der Waals surface area contributed by atoms with Gasteiger partial charge in [-0.3, -0.25) is 9.69 Å². The first-order valence-corrected chi connectivity index (χ1v) is 10.1. The molecule has 0 fully saturated rings. The molecule has 6 heteroatoms. The molecular weight excluding hydrogens is 393 g/mol. The van der Waals surface area contributed by atoms with Gasteiger partial charge in [-0.1, -0.05) is 26.0 Å². The van der Waals surface area contributed by atoms with E-state index in [1.165, 1.54) is 12.1 Å². The highest BCUT2D eigenvalue weighted by atomic mass is 19.1. The van der Waals surface area contributed by atoms with E-state index in [0.29, 0.717) is 29.7 Å². The van der Waals surface area contributed by atoms with Crippen LogP contribution in [0.5, 0.6) is 5.75 Å². The first kappa shape index (κ1) is 20.7. The van der Waals surface area contributed by atoms with Crippen LogP contribution in [0.3, 0.4) is 0 Å². The number of rotatable bonds is 3. The number of allylic oxidation sites excluding steroid dienone is 3. The summed E-state index contributed by atoms with van der Waals surface area (Å²) in [6, 6.07) is 15.5. The van der Waals surface area contributed by atoms with Crippen LogP contribution >= 0.6 is 0 Å². The van der Waals surface area contributed by atoms with Crippen LogP contribution in [0, 0.1) is 22.6 Å². The molecule has 1 heterocycles.